The van der Waals surface area contributed by atoms with E-state index in [2.05, 4.69) is 10.6 Å². The molecule has 1 aromatic carbocycles. The first-order valence-electron chi connectivity index (χ1n) is 5.87. The van der Waals surface area contributed by atoms with Gasteiger partial charge in [-0.1, -0.05) is 6.07 Å². The van der Waals surface area contributed by atoms with Gasteiger partial charge in [0, 0.05) is 13.5 Å². The molecule has 0 saturated heterocycles. The Morgan fingerprint density at radius 2 is 2.11 bits per heavy atom. The molecule has 2 N–H and O–H groups in total. The number of hydrogen-bond acceptors (Lipinski definition) is 3. The van der Waals surface area contributed by atoms with Crippen molar-refractivity contribution < 1.29 is 13.6 Å². The zero-order valence-electron chi connectivity index (χ0n) is 10.5. The second kappa shape index (κ2) is 7.44. The molecule has 0 fully saturated rings. The van der Waals surface area contributed by atoms with Crippen LogP contribution in [0.1, 0.15) is 24.9 Å². The van der Waals surface area contributed by atoms with E-state index in [1.165, 1.54) is 13.0 Å². The number of benzene rings is 1. The largest absolute Gasteiger partial charge is 0.356 e. The molecule has 0 aromatic heterocycles. The summed E-state index contributed by atoms with van der Waals surface area (Å²) in [6, 6.07) is 4.64. The minimum Gasteiger partial charge on any atom is -0.356 e. The van der Waals surface area contributed by atoms with Crippen LogP contribution in [0.4, 0.5) is 8.78 Å². The normalized spacial score (nSPS) is 11.7. The van der Waals surface area contributed by atoms with Crippen LogP contribution in [0.2, 0.25) is 0 Å². The van der Waals surface area contributed by atoms with Crippen molar-refractivity contribution in [1.29, 1.82) is 5.26 Å². The highest BCUT2D eigenvalue weighted by molar-refractivity contribution is 5.72. The molecular weight excluding hydrogens is 252 g/mol. The Bertz CT molecular complexity index is 485. The molecule has 1 atom stereocenters. The summed E-state index contributed by atoms with van der Waals surface area (Å²) < 4.78 is 25.8. The molecule has 19 heavy (non-hydrogen) atoms. The fraction of sp³-hybridized carbons (Fsp3) is 0.385. The van der Waals surface area contributed by atoms with Gasteiger partial charge in [0.05, 0.1) is 6.07 Å². The van der Waals surface area contributed by atoms with E-state index in [1.807, 2.05) is 6.07 Å². The van der Waals surface area contributed by atoms with Gasteiger partial charge in [-0.25, -0.2) is 8.78 Å². The van der Waals surface area contributed by atoms with Crippen LogP contribution in [0.15, 0.2) is 18.2 Å². The average Bonchev–Trinajstić information content (AvgIpc) is 2.37. The Labute approximate surface area is 110 Å². The van der Waals surface area contributed by atoms with E-state index in [1.54, 1.807) is 0 Å². The van der Waals surface area contributed by atoms with Crippen LogP contribution >= 0.6 is 0 Å². The molecule has 0 heterocycles. The van der Waals surface area contributed by atoms with E-state index in [0.29, 0.717) is 25.1 Å². The molecule has 1 rings (SSSR count). The van der Waals surface area contributed by atoms with E-state index in [4.69, 9.17) is 5.26 Å². The van der Waals surface area contributed by atoms with E-state index in [-0.39, 0.29) is 5.91 Å². The van der Waals surface area contributed by atoms with Gasteiger partial charge in [-0.05, 0) is 30.7 Å². The molecule has 0 spiro atoms. The summed E-state index contributed by atoms with van der Waals surface area (Å²) in [4.78, 5) is 10.6. The van der Waals surface area contributed by atoms with Gasteiger partial charge in [0.1, 0.15) is 6.04 Å². The minimum atomic E-state index is -0.974. The maximum atomic E-state index is 13.0. The quantitative estimate of drug-likeness (QED) is 0.770. The van der Waals surface area contributed by atoms with Crippen LogP contribution < -0.4 is 10.6 Å². The number of amides is 1. The molecular formula is C13H15F2N3O. The molecule has 0 aliphatic carbocycles. The lowest BCUT2D eigenvalue weighted by Gasteiger charge is -2.12. The summed E-state index contributed by atoms with van der Waals surface area (Å²) in [5, 5.41) is 14.5. The Morgan fingerprint density at radius 1 is 1.37 bits per heavy atom. The third kappa shape index (κ3) is 5.02. The van der Waals surface area contributed by atoms with Gasteiger partial charge in [0.2, 0.25) is 5.91 Å². The van der Waals surface area contributed by atoms with Gasteiger partial charge < -0.3 is 5.32 Å². The lowest BCUT2D eigenvalue weighted by Crippen LogP contribution is -2.27. The van der Waals surface area contributed by atoms with Gasteiger partial charge in [0.25, 0.3) is 0 Å². The molecule has 0 bridgehead atoms. The number of nitriles is 1. The van der Waals surface area contributed by atoms with E-state index < -0.39 is 17.7 Å². The van der Waals surface area contributed by atoms with Gasteiger partial charge in [-0.15, -0.1) is 0 Å². The lowest BCUT2D eigenvalue weighted by molar-refractivity contribution is -0.118. The van der Waals surface area contributed by atoms with Gasteiger partial charge in [-0.3, -0.25) is 10.1 Å². The number of halogens is 2. The monoisotopic (exact) mass is 267 g/mol. The Kier molecular flexibility index (Phi) is 5.90. The van der Waals surface area contributed by atoms with Gasteiger partial charge >= 0.3 is 0 Å². The third-order valence-corrected chi connectivity index (χ3v) is 2.48. The summed E-state index contributed by atoms with van der Waals surface area (Å²) in [5.41, 5.74) is 0.376. The van der Waals surface area contributed by atoms with Crippen molar-refractivity contribution >= 4 is 5.91 Å². The van der Waals surface area contributed by atoms with Crippen LogP contribution in [0.25, 0.3) is 0 Å². The van der Waals surface area contributed by atoms with E-state index >= 15 is 0 Å². The van der Waals surface area contributed by atoms with Crippen LogP contribution in [0.3, 0.4) is 0 Å². The predicted molar refractivity (Wildman–Crippen MR) is 66.0 cm³/mol. The number of hydrogen-bond donors (Lipinski definition) is 2. The molecule has 0 aliphatic heterocycles. The summed E-state index contributed by atoms with van der Waals surface area (Å²) >= 11 is 0. The number of nitrogens with one attached hydrogen (secondary N) is 2. The van der Waals surface area contributed by atoms with Crippen molar-refractivity contribution in [3.63, 3.8) is 0 Å². The van der Waals surface area contributed by atoms with Crippen molar-refractivity contribution in [2.75, 3.05) is 13.1 Å². The minimum absolute atomic E-state index is 0.113. The molecule has 6 heteroatoms. The standard InChI is InChI=1S/C13H15F2N3O/c1-9(19)17-5-2-6-18-13(8-16)10-3-4-11(14)12(15)7-10/h3-4,7,13,18H,2,5-6H2,1H3,(H,17,19). The highest BCUT2D eigenvalue weighted by Gasteiger charge is 2.12. The SMILES string of the molecule is CC(=O)NCCCNC(C#N)c1ccc(F)c(F)c1. The van der Waals surface area contributed by atoms with Crippen molar-refractivity contribution in [2.45, 2.75) is 19.4 Å². The van der Waals surface area contributed by atoms with E-state index in [0.717, 1.165) is 12.1 Å². The van der Waals surface area contributed by atoms with Crippen LogP contribution in [-0.4, -0.2) is 19.0 Å². The summed E-state index contributed by atoms with van der Waals surface area (Å²) in [5.74, 6) is -2.03. The number of rotatable bonds is 6. The second-order valence-electron chi connectivity index (χ2n) is 4.03. The average molecular weight is 267 g/mol. The molecule has 0 aliphatic rings. The molecule has 4 nitrogen and oxygen atoms in total. The fourth-order valence-corrected chi connectivity index (χ4v) is 1.53. The molecule has 1 unspecified atom stereocenters. The Hall–Kier alpha value is -2.00. The number of carbonyl (C=O) groups excluding carboxylic acids is 1. The topological polar surface area (TPSA) is 64.9 Å². The number of nitrogens with zero attached hydrogens (tertiary/aromatic N) is 1. The van der Waals surface area contributed by atoms with Crippen LogP contribution in [0.5, 0.6) is 0 Å². The zero-order chi connectivity index (χ0) is 14.3. The molecule has 1 amide bonds. The number of carbonyl (C=O) groups is 1. The predicted octanol–water partition coefficient (Wildman–Crippen LogP) is 1.65. The summed E-state index contributed by atoms with van der Waals surface area (Å²) in [6.07, 6.45) is 0.640. The van der Waals surface area contributed by atoms with Crippen LogP contribution in [-0.2, 0) is 4.79 Å². The lowest BCUT2D eigenvalue weighted by atomic mass is 10.1. The fourth-order valence-electron chi connectivity index (χ4n) is 1.53. The van der Waals surface area contributed by atoms with E-state index in [9.17, 15) is 13.6 Å². The van der Waals surface area contributed by atoms with Gasteiger partial charge in [-0.2, -0.15) is 5.26 Å². The first kappa shape index (κ1) is 15.1. The zero-order valence-corrected chi connectivity index (χ0v) is 10.5. The van der Waals surface area contributed by atoms with Crippen molar-refractivity contribution in [3.05, 3.63) is 35.4 Å². The summed E-state index contributed by atoms with van der Waals surface area (Å²) in [6.45, 7) is 2.41. The van der Waals surface area contributed by atoms with Crippen molar-refractivity contribution in [1.82, 2.24) is 10.6 Å². The van der Waals surface area contributed by atoms with Crippen molar-refractivity contribution in [2.24, 2.45) is 0 Å². The van der Waals surface area contributed by atoms with Crippen LogP contribution in [0, 0.1) is 23.0 Å². The molecule has 0 saturated carbocycles. The smallest absolute Gasteiger partial charge is 0.216 e. The molecule has 1 aromatic rings. The maximum absolute atomic E-state index is 13.0. The first-order valence-corrected chi connectivity index (χ1v) is 5.87. The Balaban J connectivity index is 2.47. The molecule has 0 radical (unpaired) electrons. The second-order valence-corrected chi connectivity index (χ2v) is 4.03. The first-order chi connectivity index (χ1) is 9.04. The molecule has 102 valence electrons. The Morgan fingerprint density at radius 3 is 2.68 bits per heavy atom. The van der Waals surface area contributed by atoms with Gasteiger partial charge in [0.15, 0.2) is 11.6 Å². The highest BCUT2D eigenvalue weighted by Crippen LogP contribution is 2.15. The van der Waals surface area contributed by atoms with Crippen molar-refractivity contribution in [3.8, 4) is 6.07 Å². The third-order valence-electron chi connectivity index (χ3n) is 2.48. The summed E-state index contributed by atoms with van der Waals surface area (Å²) in [7, 11) is 0. The maximum Gasteiger partial charge on any atom is 0.216 e. The highest BCUT2D eigenvalue weighted by atomic mass is 19.2.